The average Bonchev–Trinajstić information content (AvgIpc) is 2.37. The lowest BCUT2D eigenvalue weighted by Gasteiger charge is -2.09. The van der Waals surface area contributed by atoms with E-state index in [9.17, 15) is 18.8 Å². The molecule has 0 aliphatic rings. The van der Waals surface area contributed by atoms with Crippen molar-refractivity contribution in [3.63, 3.8) is 0 Å². The van der Waals surface area contributed by atoms with Crippen molar-refractivity contribution < 1.29 is 23.9 Å². The standard InChI is InChI=1S/C11H12FN3O4/c12-6-1-2-8(7(3-6)11(18)19)15-10(17)5-14-9(16)4-13/h1-3H,4-5,13H2,(H,14,16)(H,15,17)(H,18,19). The summed E-state index contributed by atoms with van der Waals surface area (Å²) >= 11 is 0. The minimum Gasteiger partial charge on any atom is -0.478 e. The Morgan fingerprint density at radius 2 is 1.95 bits per heavy atom. The Kier molecular flexibility index (Phi) is 4.95. The van der Waals surface area contributed by atoms with Gasteiger partial charge in [0.05, 0.1) is 24.3 Å². The van der Waals surface area contributed by atoms with Gasteiger partial charge in [-0.15, -0.1) is 0 Å². The molecule has 0 aliphatic carbocycles. The van der Waals surface area contributed by atoms with E-state index in [0.29, 0.717) is 0 Å². The van der Waals surface area contributed by atoms with Gasteiger partial charge in [-0.1, -0.05) is 0 Å². The van der Waals surface area contributed by atoms with Crippen LogP contribution >= 0.6 is 0 Å². The number of hydrogen-bond donors (Lipinski definition) is 4. The number of carboxylic acid groups (broad SMARTS) is 1. The van der Waals surface area contributed by atoms with Crippen LogP contribution in [0.25, 0.3) is 0 Å². The SMILES string of the molecule is NCC(=O)NCC(=O)Nc1ccc(F)cc1C(=O)O. The van der Waals surface area contributed by atoms with Gasteiger partial charge in [0.1, 0.15) is 5.82 Å². The van der Waals surface area contributed by atoms with E-state index >= 15 is 0 Å². The molecule has 1 rings (SSSR count). The number of benzene rings is 1. The second-order valence-electron chi connectivity index (χ2n) is 3.52. The topological polar surface area (TPSA) is 122 Å². The van der Waals surface area contributed by atoms with E-state index in [4.69, 9.17) is 10.8 Å². The molecule has 0 heterocycles. The molecule has 0 unspecified atom stereocenters. The highest BCUT2D eigenvalue weighted by Gasteiger charge is 2.13. The van der Waals surface area contributed by atoms with Gasteiger partial charge in [-0.05, 0) is 18.2 Å². The number of hydrogen-bond acceptors (Lipinski definition) is 4. The van der Waals surface area contributed by atoms with E-state index in [-0.39, 0.29) is 24.3 Å². The second-order valence-corrected chi connectivity index (χ2v) is 3.52. The number of carboxylic acids is 1. The number of aromatic carboxylic acids is 1. The molecular weight excluding hydrogens is 257 g/mol. The van der Waals surface area contributed by atoms with Crippen LogP contribution in [0.2, 0.25) is 0 Å². The molecular formula is C11H12FN3O4. The highest BCUT2D eigenvalue weighted by atomic mass is 19.1. The molecule has 0 spiro atoms. The van der Waals surface area contributed by atoms with Crippen molar-refractivity contribution in [1.29, 1.82) is 0 Å². The molecule has 7 nitrogen and oxygen atoms in total. The zero-order valence-corrected chi connectivity index (χ0v) is 9.77. The lowest BCUT2D eigenvalue weighted by atomic mass is 10.1. The highest BCUT2D eigenvalue weighted by molar-refractivity contribution is 6.01. The maximum Gasteiger partial charge on any atom is 0.337 e. The predicted molar refractivity (Wildman–Crippen MR) is 64.1 cm³/mol. The number of carbonyl (C=O) groups is 3. The molecule has 102 valence electrons. The van der Waals surface area contributed by atoms with E-state index in [1.54, 1.807) is 0 Å². The number of nitrogens with one attached hydrogen (secondary N) is 2. The molecule has 2 amide bonds. The van der Waals surface area contributed by atoms with Crippen LogP contribution in [0.4, 0.5) is 10.1 Å². The summed E-state index contributed by atoms with van der Waals surface area (Å²) in [4.78, 5) is 33.1. The number of rotatable bonds is 5. The summed E-state index contributed by atoms with van der Waals surface area (Å²) in [5.74, 6) is -3.27. The molecule has 0 aliphatic heterocycles. The van der Waals surface area contributed by atoms with Gasteiger partial charge in [-0.3, -0.25) is 9.59 Å². The summed E-state index contributed by atoms with van der Waals surface area (Å²) < 4.78 is 12.9. The average molecular weight is 269 g/mol. The van der Waals surface area contributed by atoms with Crippen LogP contribution in [-0.2, 0) is 9.59 Å². The lowest BCUT2D eigenvalue weighted by Crippen LogP contribution is -2.36. The zero-order valence-electron chi connectivity index (χ0n) is 9.77. The molecule has 5 N–H and O–H groups in total. The van der Waals surface area contributed by atoms with Crippen molar-refractivity contribution in [2.45, 2.75) is 0 Å². The quantitative estimate of drug-likeness (QED) is 0.576. The number of amides is 2. The minimum absolute atomic E-state index is 0.0547. The molecule has 8 heteroatoms. The second kappa shape index (κ2) is 6.45. The Balaban J connectivity index is 2.74. The van der Waals surface area contributed by atoms with Crippen LogP contribution in [0.5, 0.6) is 0 Å². The molecule has 0 bridgehead atoms. The van der Waals surface area contributed by atoms with Crippen molar-refractivity contribution in [1.82, 2.24) is 5.32 Å². The molecule has 0 fully saturated rings. The first-order valence-electron chi connectivity index (χ1n) is 5.23. The summed E-state index contributed by atoms with van der Waals surface area (Å²) in [5.41, 5.74) is 4.60. The minimum atomic E-state index is -1.37. The van der Waals surface area contributed by atoms with Crippen molar-refractivity contribution in [3.8, 4) is 0 Å². The monoisotopic (exact) mass is 269 g/mol. The molecule has 0 saturated heterocycles. The molecule has 0 radical (unpaired) electrons. The predicted octanol–water partition coefficient (Wildman–Crippen LogP) is -0.463. The van der Waals surface area contributed by atoms with E-state index in [2.05, 4.69) is 10.6 Å². The van der Waals surface area contributed by atoms with Crippen molar-refractivity contribution in [2.24, 2.45) is 5.73 Å². The van der Waals surface area contributed by atoms with Gasteiger partial charge in [0.25, 0.3) is 0 Å². The zero-order chi connectivity index (χ0) is 14.4. The normalized spacial score (nSPS) is 9.79. The van der Waals surface area contributed by atoms with Gasteiger partial charge in [-0.2, -0.15) is 0 Å². The number of carbonyl (C=O) groups excluding carboxylic acids is 2. The van der Waals surface area contributed by atoms with Crippen LogP contribution < -0.4 is 16.4 Å². The largest absolute Gasteiger partial charge is 0.478 e. The van der Waals surface area contributed by atoms with E-state index in [1.807, 2.05) is 0 Å². The fourth-order valence-corrected chi connectivity index (χ4v) is 1.25. The van der Waals surface area contributed by atoms with Gasteiger partial charge in [0, 0.05) is 0 Å². The molecule has 0 aromatic heterocycles. The Morgan fingerprint density at radius 3 is 2.53 bits per heavy atom. The Bertz CT molecular complexity index is 519. The van der Waals surface area contributed by atoms with E-state index in [0.717, 1.165) is 18.2 Å². The van der Waals surface area contributed by atoms with E-state index < -0.39 is 23.6 Å². The van der Waals surface area contributed by atoms with Crippen molar-refractivity contribution >= 4 is 23.5 Å². The van der Waals surface area contributed by atoms with Gasteiger partial charge < -0.3 is 21.5 Å². The highest BCUT2D eigenvalue weighted by Crippen LogP contribution is 2.16. The summed E-state index contributed by atoms with van der Waals surface area (Å²) in [7, 11) is 0. The van der Waals surface area contributed by atoms with Crippen LogP contribution in [-0.4, -0.2) is 36.0 Å². The lowest BCUT2D eigenvalue weighted by molar-refractivity contribution is -0.123. The third-order valence-corrected chi connectivity index (χ3v) is 2.12. The Labute approximate surface area is 107 Å². The summed E-state index contributed by atoms with van der Waals surface area (Å²) in [6, 6.07) is 2.93. The van der Waals surface area contributed by atoms with Crippen LogP contribution in [0.3, 0.4) is 0 Å². The molecule has 1 aromatic carbocycles. The first-order valence-corrected chi connectivity index (χ1v) is 5.23. The number of anilines is 1. The Hall–Kier alpha value is -2.48. The number of nitrogens with two attached hydrogens (primary N) is 1. The first-order chi connectivity index (χ1) is 8.93. The van der Waals surface area contributed by atoms with Crippen molar-refractivity contribution in [2.75, 3.05) is 18.4 Å². The Morgan fingerprint density at radius 1 is 1.26 bits per heavy atom. The van der Waals surface area contributed by atoms with Gasteiger partial charge in [0.2, 0.25) is 11.8 Å². The summed E-state index contributed by atoms with van der Waals surface area (Å²) in [6.07, 6.45) is 0. The smallest absolute Gasteiger partial charge is 0.337 e. The molecule has 0 atom stereocenters. The summed E-state index contributed by atoms with van der Waals surface area (Å²) in [6.45, 7) is -0.614. The third kappa shape index (κ3) is 4.36. The number of halogens is 1. The first kappa shape index (κ1) is 14.6. The fourth-order valence-electron chi connectivity index (χ4n) is 1.25. The fraction of sp³-hybridized carbons (Fsp3) is 0.182. The molecule has 19 heavy (non-hydrogen) atoms. The molecule has 1 aromatic rings. The van der Waals surface area contributed by atoms with E-state index in [1.165, 1.54) is 0 Å². The van der Waals surface area contributed by atoms with Gasteiger partial charge in [-0.25, -0.2) is 9.18 Å². The maximum absolute atomic E-state index is 12.9. The third-order valence-electron chi connectivity index (χ3n) is 2.12. The maximum atomic E-state index is 12.9. The van der Waals surface area contributed by atoms with Crippen LogP contribution in [0.1, 0.15) is 10.4 Å². The molecule has 0 saturated carbocycles. The van der Waals surface area contributed by atoms with Gasteiger partial charge in [0.15, 0.2) is 0 Å². The van der Waals surface area contributed by atoms with Gasteiger partial charge >= 0.3 is 5.97 Å². The van der Waals surface area contributed by atoms with Crippen LogP contribution in [0.15, 0.2) is 18.2 Å². The van der Waals surface area contributed by atoms with Crippen molar-refractivity contribution in [3.05, 3.63) is 29.6 Å². The summed E-state index contributed by atoms with van der Waals surface area (Å²) in [5, 5.41) is 13.3. The van der Waals surface area contributed by atoms with Crippen LogP contribution in [0, 0.1) is 5.82 Å².